The third-order valence-electron chi connectivity index (χ3n) is 2.93. The molecular weight excluding hydrogens is 236 g/mol. The van der Waals surface area contributed by atoms with E-state index in [1.165, 1.54) is 10.9 Å². The molecule has 1 aromatic heterocycles. The van der Waals surface area contributed by atoms with Crippen LogP contribution < -0.4 is 10.1 Å². The first kappa shape index (κ1) is 13.8. The summed E-state index contributed by atoms with van der Waals surface area (Å²) in [6.07, 6.45) is 0.994. The van der Waals surface area contributed by atoms with Crippen molar-refractivity contribution in [1.29, 1.82) is 0 Å². The molecule has 0 aliphatic heterocycles. The summed E-state index contributed by atoms with van der Waals surface area (Å²) in [7, 11) is 0. The van der Waals surface area contributed by atoms with Crippen LogP contribution in [0, 0.1) is 0 Å². The molecular formula is C16H22N2O. The van der Waals surface area contributed by atoms with Crippen LogP contribution in [0.25, 0.3) is 10.9 Å². The van der Waals surface area contributed by atoms with Crippen LogP contribution in [-0.2, 0) is 6.54 Å². The number of para-hydroxylation sites is 1. The van der Waals surface area contributed by atoms with Gasteiger partial charge in [-0.25, -0.2) is 4.98 Å². The first-order chi connectivity index (χ1) is 9.20. The smallest absolute Gasteiger partial charge is 0.214 e. The Labute approximate surface area is 115 Å². The largest absolute Gasteiger partial charge is 0.478 e. The second kappa shape index (κ2) is 6.53. The lowest BCUT2D eigenvalue weighted by atomic mass is 10.1. The van der Waals surface area contributed by atoms with Crippen molar-refractivity contribution in [2.75, 3.05) is 6.61 Å². The molecule has 0 spiro atoms. The summed E-state index contributed by atoms with van der Waals surface area (Å²) in [5, 5.41) is 4.65. The van der Waals surface area contributed by atoms with Crippen molar-refractivity contribution in [3.8, 4) is 5.88 Å². The van der Waals surface area contributed by atoms with Crippen molar-refractivity contribution < 1.29 is 4.74 Å². The average molecular weight is 258 g/mol. The summed E-state index contributed by atoms with van der Waals surface area (Å²) in [6, 6.07) is 10.7. The van der Waals surface area contributed by atoms with Crippen LogP contribution in [-0.4, -0.2) is 17.6 Å². The SMILES string of the molecule is CCCOc1cc(CNC(C)C)c2ccccc2n1. The van der Waals surface area contributed by atoms with Crippen LogP contribution in [0.2, 0.25) is 0 Å². The van der Waals surface area contributed by atoms with Gasteiger partial charge in [0.1, 0.15) is 0 Å². The van der Waals surface area contributed by atoms with Crippen LogP contribution in [0.4, 0.5) is 0 Å². The monoisotopic (exact) mass is 258 g/mol. The molecule has 0 atom stereocenters. The Hall–Kier alpha value is -1.61. The van der Waals surface area contributed by atoms with Crippen LogP contribution in [0.3, 0.4) is 0 Å². The van der Waals surface area contributed by atoms with Crippen LogP contribution >= 0.6 is 0 Å². The minimum absolute atomic E-state index is 0.465. The predicted molar refractivity (Wildman–Crippen MR) is 79.5 cm³/mol. The van der Waals surface area contributed by atoms with Crippen molar-refractivity contribution in [2.24, 2.45) is 0 Å². The fourth-order valence-electron chi connectivity index (χ4n) is 1.96. The summed E-state index contributed by atoms with van der Waals surface area (Å²) in [6.45, 7) is 7.95. The molecule has 3 nitrogen and oxygen atoms in total. The van der Waals surface area contributed by atoms with Gasteiger partial charge in [0, 0.05) is 24.0 Å². The van der Waals surface area contributed by atoms with E-state index in [0.29, 0.717) is 12.6 Å². The molecule has 0 saturated carbocycles. The Kier molecular flexibility index (Phi) is 4.74. The number of rotatable bonds is 6. The zero-order valence-corrected chi connectivity index (χ0v) is 11.9. The van der Waals surface area contributed by atoms with Gasteiger partial charge in [-0.2, -0.15) is 0 Å². The predicted octanol–water partition coefficient (Wildman–Crippen LogP) is 3.52. The molecule has 0 radical (unpaired) electrons. The summed E-state index contributed by atoms with van der Waals surface area (Å²) in [5.41, 5.74) is 2.24. The number of benzene rings is 1. The van der Waals surface area contributed by atoms with Gasteiger partial charge in [-0.3, -0.25) is 0 Å². The Morgan fingerprint density at radius 3 is 2.79 bits per heavy atom. The van der Waals surface area contributed by atoms with Gasteiger partial charge < -0.3 is 10.1 Å². The van der Waals surface area contributed by atoms with Gasteiger partial charge in [0.15, 0.2) is 0 Å². The third-order valence-corrected chi connectivity index (χ3v) is 2.93. The minimum Gasteiger partial charge on any atom is -0.478 e. The second-order valence-electron chi connectivity index (χ2n) is 5.02. The van der Waals surface area contributed by atoms with Crippen molar-refractivity contribution >= 4 is 10.9 Å². The Morgan fingerprint density at radius 1 is 1.26 bits per heavy atom. The number of nitrogens with zero attached hydrogens (tertiary/aromatic N) is 1. The lowest BCUT2D eigenvalue weighted by Crippen LogP contribution is -2.22. The highest BCUT2D eigenvalue weighted by Crippen LogP contribution is 2.22. The van der Waals surface area contributed by atoms with E-state index in [4.69, 9.17) is 4.74 Å². The zero-order chi connectivity index (χ0) is 13.7. The van der Waals surface area contributed by atoms with E-state index >= 15 is 0 Å². The summed E-state index contributed by atoms with van der Waals surface area (Å²) in [4.78, 5) is 4.55. The molecule has 0 aliphatic carbocycles. The molecule has 0 amide bonds. The highest BCUT2D eigenvalue weighted by atomic mass is 16.5. The lowest BCUT2D eigenvalue weighted by molar-refractivity contribution is 0.306. The van der Waals surface area contributed by atoms with Gasteiger partial charge in [0.05, 0.1) is 12.1 Å². The molecule has 0 bridgehead atoms. The van der Waals surface area contributed by atoms with Gasteiger partial charge in [0.25, 0.3) is 0 Å². The third kappa shape index (κ3) is 3.67. The van der Waals surface area contributed by atoms with Crippen molar-refractivity contribution in [1.82, 2.24) is 10.3 Å². The van der Waals surface area contributed by atoms with E-state index in [-0.39, 0.29) is 0 Å². The molecule has 2 rings (SSSR count). The van der Waals surface area contributed by atoms with E-state index in [1.54, 1.807) is 0 Å². The molecule has 1 aromatic carbocycles. The van der Waals surface area contributed by atoms with E-state index in [9.17, 15) is 0 Å². The van der Waals surface area contributed by atoms with E-state index < -0.39 is 0 Å². The minimum atomic E-state index is 0.465. The van der Waals surface area contributed by atoms with Crippen molar-refractivity contribution in [3.05, 3.63) is 35.9 Å². The molecule has 0 saturated heterocycles. The first-order valence-corrected chi connectivity index (χ1v) is 6.95. The first-order valence-electron chi connectivity index (χ1n) is 6.95. The number of ether oxygens (including phenoxy) is 1. The number of pyridine rings is 1. The molecule has 2 aromatic rings. The average Bonchev–Trinajstić information content (AvgIpc) is 2.42. The van der Waals surface area contributed by atoms with Crippen molar-refractivity contribution in [3.63, 3.8) is 0 Å². The number of aromatic nitrogens is 1. The fraction of sp³-hybridized carbons (Fsp3) is 0.438. The summed E-state index contributed by atoms with van der Waals surface area (Å²) >= 11 is 0. The van der Waals surface area contributed by atoms with Gasteiger partial charge >= 0.3 is 0 Å². The lowest BCUT2D eigenvalue weighted by Gasteiger charge is -2.12. The fourth-order valence-corrected chi connectivity index (χ4v) is 1.96. The number of nitrogens with one attached hydrogen (secondary N) is 1. The molecule has 19 heavy (non-hydrogen) atoms. The quantitative estimate of drug-likeness (QED) is 0.860. The maximum Gasteiger partial charge on any atom is 0.214 e. The second-order valence-corrected chi connectivity index (χ2v) is 5.02. The highest BCUT2D eigenvalue weighted by molar-refractivity contribution is 5.82. The van der Waals surface area contributed by atoms with Crippen LogP contribution in [0.1, 0.15) is 32.8 Å². The van der Waals surface area contributed by atoms with Crippen molar-refractivity contribution in [2.45, 2.75) is 39.8 Å². The van der Waals surface area contributed by atoms with Crippen LogP contribution in [0.5, 0.6) is 5.88 Å². The number of fused-ring (bicyclic) bond motifs is 1. The maximum absolute atomic E-state index is 5.67. The normalized spacial score (nSPS) is 11.2. The number of hydrogen-bond donors (Lipinski definition) is 1. The van der Waals surface area contributed by atoms with Gasteiger partial charge in [-0.05, 0) is 18.1 Å². The Morgan fingerprint density at radius 2 is 2.05 bits per heavy atom. The van der Waals surface area contributed by atoms with Crippen LogP contribution in [0.15, 0.2) is 30.3 Å². The Bertz CT molecular complexity index is 537. The molecule has 0 unspecified atom stereocenters. The van der Waals surface area contributed by atoms with E-state index in [0.717, 1.165) is 24.4 Å². The molecule has 1 heterocycles. The van der Waals surface area contributed by atoms with Gasteiger partial charge in [0.2, 0.25) is 5.88 Å². The van der Waals surface area contributed by atoms with Gasteiger partial charge in [-0.1, -0.05) is 39.0 Å². The maximum atomic E-state index is 5.67. The zero-order valence-electron chi connectivity index (χ0n) is 11.9. The molecule has 0 fully saturated rings. The summed E-state index contributed by atoms with van der Waals surface area (Å²) < 4.78 is 5.67. The molecule has 1 N–H and O–H groups in total. The van der Waals surface area contributed by atoms with E-state index in [1.807, 2.05) is 18.2 Å². The van der Waals surface area contributed by atoms with Gasteiger partial charge in [-0.15, -0.1) is 0 Å². The standard InChI is InChI=1S/C16H22N2O/c1-4-9-19-16-10-13(11-17-12(2)3)14-7-5-6-8-15(14)18-16/h5-8,10,12,17H,4,9,11H2,1-3H3. The van der Waals surface area contributed by atoms with E-state index in [2.05, 4.69) is 43.2 Å². The molecule has 0 aliphatic rings. The summed E-state index contributed by atoms with van der Waals surface area (Å²) in [5.74, 6) is 0.723. The highest BCUT2D eigenvalue weighted by Gasteiger charge is 2.06. The topological polar surface area (TPSA) is 34.1 Å². The molecule has 3 heteroatoms. The Balaban J connectivity index is 2.33. The molecule has 102 valence electrons. The number of hydrogen-bond acceptors (Lipinski definition) is 3.